The Balaban J connectivity index is 5.29. The Morgan fingerprint density at radius 2 is 1.50 bits per heavy atom. The van der Waals surface area contributed by atoms with E-state index < -0.39 is 5.41 Å². The highest BCUT2D eigenvalue weighted by Gasteiger charge is 2.48. The zero-order chi connectivity index (χ0) is 13.2. The first-order valence-corrected chi connectivity index (χ1v) is 6.08. The Morgan fingerprint density at radius 1 is 1.06 bits per heavy atom. The van der Waals surface area contributed by atoms with Gasteiger partial charge in [-0.15, -0.1) is 0 Å². The van der Waals surface area contributed by atoms with Gasteiger partial charge in [0.2, 0.25) is 0 Å². The molecule has 0 bridgehead atoms. The molecule has 1 unspecified atom stereocenters. The van der Waals surface area contributed by atoms with Gasteiger partial charge in [0.15, 0.2) is 0 Å². The van der Waals surface area contributed by atoms with Crippen LogP contribution in [0.15, 0.2) is 0 Å². The van der Waals surface area contributed by atoms with Crippen LogP contribution in [0.3, 0.4) is 0 Å². The lowest BCUT2D eigenvalue weighted by molar-refractivity contribution is -0.162. The summed E-state index contributed by atoms with van der Waals surface area (Å²) in [6, 6.07) is 0. The molecule has 0 saturated carbocycles. The third-order valence-electron chi connectivity index (χ3n) is 3.90. The van der Waals surface area contributed by atoms with Crippen molar-refractivity contribution in [1.82, 2.24) is 0 Å². The first-order valence-electron chi connectivity index (χ1n) is 6.08. The van der Waals surface area contributed by atoms with Crippen molar-refractivity contribution in [3.05, 3.63) is 0 Å². The molecule has 0 saturated heterocycles. The number of carbonyl (C=O) groups excluding carboxylic acids is 1. The predicted octanol–water partition coefficient (Wildman–Crippen LogP) is 4.04. The highest BCUT2D eigenvalue weighted by atomic mass is 16.5. The summed E-state index contributed by atoms with van der Waals surface area (Å²) in [6.45, 7) is 15.0. The van der Waals surface area contributed by atoms with Crippen molar-refractivity contribution < 1.29 is 9.53 Å². The lowest BCUT2D eigenvalue weighted by atomic mass is 9.59. The normalized spacial score (nSPS) is 16.8. The van der Waals surface area contributed by atoms with Crippen LogP contribution >= 0.6 is 0 Å². The number of hydrogen-bond donors (Lipinski definition) is 0. The highest BCUT2D eigenvalue weighted by Crippen LogP contribution is 2.49. The van der Waals surface area contributed by atoms with Crippen molar-refractivity contribution in [3.8, 4) is 0 Å². The first kappa shape index (κ1) is 15.5. The fourth-order valence-electron chi connectivity index (χ4n) is 2.26. The minimum atomic E-state index is -0.422. The Hall–Kier alpha value is -0.530. The van der Waals surface area contributed by atoms with Crippen molar-refractivity contribution in [2.75, 3.05) is 7.11 Å². The number of ether oxygens (including phenoxy) is 1. The van der Waals surface area contributed by atoms with Gasteiger partial charge in [0.25, 0.3) is 0 Å². The molecule has 0 fully saturated rings. The van der Waals surface area contributed by atoms with E-state index >= 15 is 0 Å². The summed E-state index contributed by atoms with van der Waals surface area (Å²) in [5, 5.41) is 0. The van der Waals surface area contributed by atoms with E-state index in [-0.39, 0.29) is 16.8 Å². The molecule has 0 aliphatic rings. The quantitative estimate of drug-likeness (QED) is 0.679. The van der Waals surface area contributed by atoms with E-state index in [0.717, 1.165) is 12.8 Å². The van der Waals surface area contributed by atoms with Gasteiger partial charge in [-0.2, -0.15) is 0 Å². The van der Waals surface area contributed by atoms with Crippen LogP contribution < -0.4 is 0 Å². The van der Waals surface area contributed by atoms with Crippen LogP contribution in [0.4, 0.5) is 0 Å². The molecule has 0 aliphatic heterocycles. The highest BCUT2D eigenvalue weighted by molar-refractivity contribution is 5.77. The van der Waals surface area contributed by atoms with Crippen LogP contribution in [0.5, 0.6) is 0 Å². The summed E-state index contributed by atoms with van der Waals surface area (Å²) in [5.41, 5.74) is -0.350. The molecule has 2 heteroatoms. The van der Waals surface area contributed by atoms with Gasteiger partial charge in [-0.1, -0.05) is 41.5 Å². The Labute approximate surface area is 101 Å². The van der Waals surface area contributed by atoms with Crippen LogP contribution in [0.25, 0.3) is 0 Å². The minimum Gasteiger partial charge on any atom is -0.469 e. The monoisotopic (exact) mass is 228 g/mol. The van der Waals surface area contributed by atoms with Gasteiger partial charge in [-0.3, -0.25) is 4.79 Å². The van der Waals surface area contributed by atoms with E-state index in [1.165, 1.54) is 7.11 Å². The van der Waals surface area contributed by atoms with Gasteiger partial charge >= 0.3 is 5.97 Å². The maximum Gasteiger partial charge on any atom is 0.312 e. The molecule has 1 atom stereocenters. The van der Waals surface area contributed by atoms with Crippen molar-refractivity contribution in [2.24, 2.45) is 16.2 Å². The zero-order valence-corrected chi connectivity index (χ0v) is 12.2. The Morgan fingerprint density at radius 3 is 1.75 bits per heavy atom. The number of hydrogen-bond acceptors (Lipinski definition) is 2. The standard InChI is InChI=1S/C14H28O2/c1-9-13(5,6)14(7,11(15)16-8)10-12(2,3)4/h9-10H2,1-8H3. The van der Waals surface area contributed by atoms with Crippen LogP contribution in [0.1, 0.15) is 61.3 Å². The smallest absolute Gasteiger partial charge is 0.312 e. The Bertz CT molecular complexity index is 248. The molecule has 16 heavy (non-hydrogen) atoms. The molecular formula is C14H28O2. The number of rotatable bonds is 4. The second-order valence-electron chi connectivity index (χ2n) is 6.80. The van der Waals surface area contributed by atoms with Crippen LogP contribution in [0.2, 0.25) is 0 Å². The largest absolute Gasteiger partial charge is 0.469 e. The van der Waals surface area contributed by atoms with Crippen molar-refractivity contribution in [1.29, 1.82) is 0 Å². The van der Waals surface area contributed by atoms with Crippen molar-refractivity contribution in [2.45, 2.75) is 61.3 Å². The molecule has 0 aliphatic carbocycles. The van der Waals surface area contributed by atoms with E-state index in [9.17, 15) is 4.79 Å². The number of carbonyl (C=O) groups is 1. The molecule has 0 spiro atoms. The average Bonchev–Trinajstić information content (AvgIpc) is 2.13. The fourth-order valence-corrected chi connectivity index (χ4v) is 2.26. The van der Waals surface area contributed by atoms with Crippen LogP contribution in [0, 0.1) is 16.2 Å². The second-order valence-corrected chi connectivity index (χ2v) is 6.80. The van der Waals surface area contributed by atoms with E-state index in [4.69, 9.17) is 4.74 Å². The van der Waals surface area contributed by atoms with Crippen LogP contribution in [-0.2, 0) is 9.53 Å². The van der Waals surface area contributed by atoms with Gasteiger partial charge in [-0.05, 0) is 30.6 Å². The zero-order valence-electron chi connectivity index (χ0n) is 12.2. The molecule has 0 N–H and O–H groups in total. The maximum atomic E-state index is 12.1. The summed E-state index contributed by atoms with van der Waals surface area (Å²) >= 11 is 0. The van der Waals surface area contributed by atoms with Gasteiger partial charge < -0.3 is 4.74 Å². The molecule has 96 valence electrons. The number of esters is 1. The predicted molar refractivity (Wildman–Crippen MR) is 68.3 cm³/mol. The second kappa shape index (κ2) is 4.77. The summed E-state index contributed by atoms with van der Waals surface area (Å²) in [4.78, 5) is 12.1. The van der Waals surface area contributed by atoms with Gasteiger partial charge in [0, 0.05) is 0 Å². The summed E-state index contributed by atoms with van der Waals surface area (Å²) in [6.07, 6.45) is 1.81. The fraction of sp³-hybridized carbons (Fsp3) is 0.929. The average molecular weight is 228 g/mol. The third-order valence-corrected chi connectivity index (χ3v) is 3.90. The summed E-state index contributed by atoms with van der Waals surface area (Å²) in [5.74, 6) is -0.0886. The molecule has 0 rings (SSSR count). The lowest BCUT2D eigenvalue weighted by Gasteiger charge is -2.44. The molecule has 0 heterocycles. The lowest BCUT2D eigenvalue weighted by Crippen LogP contribution is -2.45. The molecule has 0 amide bonds. The van der Waals surface area contributed by atoms with Gasteiger partial charge in [0.05, 0.1) is 12.5 Å². The molecule has 0 radical (unpaired) electrons. The summed E-state index contributed by atoms with van der Waals surface area (Å²) < 4.78 is 5.01. The van der Waals surface area contributed by atoms with Gasteiger partial charge in [-0.25, -0.2) is 0 Å². The summed E-state index contributed by atoms with van der Waals surface area (Å²) in [7, 11) is 1.48. The van der Waals surface area contributed by atoms with Crippen molar-refractivity contribution in [3.63, 3.8) is 0 Å². The number of methoxy groups -OCH3 is 1. The molecule has 0 aromatic carbocycles. The van der Waals surface area contributed by atoms with Crippen LogP contribution in [-0.4, -0.2) is 13.1 Å². The first-order chi connectivity index (χ1) is 7.00. The van der Waals surface area contributed by atoms with E-state index in [2.05, 4.69) is 41.5 Å². The maximum absolute atomic E-state index is 12.1. The van der Waals surface area contributed by atoms with E-state index in [0.29, 0.717) is 0 Å². The Kier molecular flexibility index (Phi) is 4.61. The van der Waals surface area contributed by atoms with Gasteiger partial charge in [0.1, 0.15) is 0 Å². The SMILES string of the molecule is CCC(C)(C)C(C)(CC(C)(C)C)C(=O)OC. The van der Waals surface area contributed by atoms with E-state index in [1.807, 2.05) is 6.92 Å². The minimum absolute atomic E-state index is 0.0482. The molecule has 2 nitrogen and oxygen atoms in total. The molecule has 0 aromatic rings. The molecule has 0 aromatic heterocycles. The van der Waals surface area contributed by atoms with Crippen molar-refractivity contribution >= 4 is 5.97 Å². The van der Waals surface area contributed by atoms with E-state index in [1.54, 1.807) is 0 Å². The third kappa shape index (κ3) is 3.23. The molecular weight excluding hydrogens is 200 g/mol. The topological polar surface area (TPSA) is 26.3 Å².